The zero-order valence-electron chi connectivity index (χ0n) is 7.07. The molecule has 0 aliphatic heterocycles. The normalized spacial score (nSPS) is 10.9. The van der Waals surface area contributed by atoms with Gasteiger partial charge >= 0.3 is 0 Å². The Morgan fingerprint density at radius 2 is 2.23 bits per heavy atom. The lowest BCUT2D eigenvalue weighted by Gasteiger charge is -1.98. The summed E-state index contributed by atoms with van der Waals surface area (Å²) in [5.41, 5.74) is 0.745. The van der Waals surface area contributed by atoms with Crippen LogP contribution in [-0.2, 0) is 0 Å². The summed E-state index contributed by atoms with van der Waals surface area (Å²) >= 11 is 9.84. The third-order valence-electron chi connectivity index (χ3n) is 1.58. The molecule has 1 aromatic carbocycles. The highest BCUT2D eigenvalue weighted by molar-refractivity contribution is 7.80. The van der Waals surface area contributed by atoms with Crippen molar-refractivity contribution in [2.75, 3.05) is 5.75 Å². The lowest BCUT2D eigenvalue weighted by atomic mass is 10.2. The number of halogens is 1. The summed E-state index contributed by atoms with van der Waals surface area (Å²) in [6.45, 7) is 0. The van der Waals surface area contributed by atoms with Gasteiger partial charge < -0.3 is 5.11 Å². The van der Waals surface area contributed by atoms with Crippen LogP contribution in [0.3, 0.4) is 0 Å². The van der Waals surface area contributed by atoms with Gasteiger partial charge in [-0.3, -0.25) is 0 Å². The summed E-state index contributed by atoms with van der Waals surface area (Å²) in [5, 5.41) is 10.0. The van der Waals surface area contributed by atoms with Crippen molar-refractivity contribution in [3.63, 3.8) is 0 Å². The summed E-state index contributed by atoms with van der Waals surface area (Å²) < 4.78 is 0. The highest BCUT2D eigenvalue weighted by atomic mass is 35.5. The topological polar surface area (TPSA) is 20.2 Å². The highest BCUT2D eigenvalue weighted by Gasteiger charge is 1.96. The van der Waals surface area contributed by atoms with Crippen molar-refractivity contribution in [3.8, 4) is 5.75 Å². The van der Waals surface area contributed by atoms with E-state index in [-0.39, 0.29) is 5.75 Å². The monoisotopic (exact) mass is 214 g/mol. The summed E-state index contributed by atoms with van der Waals surface area (Å²) in [6.07, 6.45) is 4.69. The predicted octanol–water partition coefficient (Wildman–Crippen LogP) is 3.38. The van der Waals surface area contributed by atoms with E-state index in [0.29, 0.717) is 5.02 Å². The summed E-state index contributed by atoms with van der Waals surface area (Å²) in [4.78, 5) is 0. The molecular formula is C10H11ClOS. The Kier molecular flexibility index (Phi) is 4.19. The van der Waals surface area contributed by atoms with Crippen LogP contribution >= 0.6 is 24.2 Å². The molecule has 0 aliphatic carbocycles. The lowest BCUT2D eigenvalue weighted by Crippen LogP contribution is -1.75. The second-order valence-electron chi connectivity index (χ2n) is 2.62. The fraction of sp³-hybridized carbons (Fsp3) is 0.200. The van der Waals surface area contributed by atoms with Gasteiger partial charge in [-0.25, -0.2) is 0 Å². The first-order valence-electron chi connectivity index (χ1n) is 4.00. The average Bonchev–Trinajstić information content (AvgIpc) is 2.11. The standard InChI is InChI=1S/C10H11ClOS/c11-9-4-5-10(12)8(7-9)3-1-2-6-13/h1,3-5,7,12-13H,2,6H2. The fourth-order valence-corrected chi connectivity index (χ4v) is 1.27. The van der Waals surface area contributed by atoms with Crippen LogP contribution in [0, 0.1) is 0 Å². The number of phenolic OH excluding ortho intramolecular Hbond substituents is 1. The van der Waals surface area contributed by atoms with Crippen LogP contribution in [-0.4, -0.2) is 10.9 Å². The third kappa shape index (κ3) is 3.33. The molecule has 70 valence electrons. The quantitative estimate of drug-likeness (QED) is 0.740. The van der Waals surface area contributed by atoms with Gasteiger partial charge in [-0.1, -0.05) is 23.8 Å². The minimum Gasteiger partial charge on any atom is -0.507 e. The van der Waals surface area contributed by atoms with Gasteiger partial charge in [0.2, 0.25) is 0 Å². The predicted molar refractivity (Wildman–Crippen MR) is 60.6 cm³/mol. The average molecular weight is 215 g/mol. The maximum Gasteiger partial charge on any atom is 0.122 e. The first kappa shape index (κ1) is 10.5. The van der Waals surface area contributed by atoms with Crippen LogP contribution in [0.2, 0.25) is 5.02 Å². The summed E-state index contributed by atoms with van der Waals surface area (Å²) in [5.74, 6) is 1.05. The largest absolute Gasteiger partial charge is 0.507 e. The number of allylic oxidation sites excluding steroid dienone is 1. The van der Waals surface area contributed by atoms with Crippen molar-refractivity contribution in [1.29, 1.82) is 0 Å². The number of hydrogen-bond donors (Lipinski definition) is 2. The third-order valence-corrected chi connectivity index (χ3v) is 2.08. The number of rotatable bonds is 3. The molecule has 0 aromatic heterocycles. The first-order valence-corrected chi connectivity index (χ1v) is 5.01. The zero-order valence-corrected chi connectivity index (χ0v) is 8.72. The second kappa shape index (κ2) is 5.20. The van der Waals surface area contributed by atoms with Crippen molar-refractivity contribution < 1.29 is 5.11 Å². The molecule has 0 aliphatic rings. The minimum atomic E-state index is 0.250. The Labute approximate surface area is 88.5 Å². The minimum absolute atomic E-state index is 0.250. The van der Waals surface area contributed by atoms with Gasteiger partial charge in [-0.2, -0.15) is 12.6 Å². The molecule has 0 unspecified atom stereocenters. The van der Waals surface area contributed by atoms with Crippen LogP contribution < -0.4 is 0 Å². The van der Waals surface area contributed by atoms with E-state index in [2.05, 4.69) is 12.6 Å². The van der Waals surface area contributed by atoms with Gasteiger partial charge in [-0.15, -0.1) is 0 Å². The van der Waals surface area contributed by atoms with Crippen molar-refractivity contribution in [2.24, 2.45) is 0 Å². The summed E-state index contributed by atoms with van der Waals surface area (Å²) in [7, 11) is 0. The fourth-order valence-electron chi connectivity index (χ4n) is 0.944. The van der Waals surface area contributed by atoms with E-state index < -0.39 is 0 Å². The van der Waals surface area contributed by atoms with E-state index in [1.807, 2.05) is 12.2 Å². The number of aromatic hydroxyl groups is 1. The molecule has 1 aromatic rings. The Bertz CT molecular complexity index is 310. The van der Waals surface area contributed by atoms with Crippen molar-refractivity contribution in [2.45, 2.75) is 6.42 Å². The van der Waals surface area contributed by atoms with Crippen LogP contribution in [0.1, 0.15) is 12.0 Å². The van der Waals surface area contributed by atoms with Crippen molar-refractivity contribution >= 4 is 30.3 Å². The number of hydrogen-bond acceptors (Lipinski definition) is 2. The van der Waals surface area contributed by atoms with Gasteiger partial charge in [0.15, 0.2) is 0 Å². The molecule has 0 saturated heterocycles. The molecule has 0 radical (unpaired) electrons. The van der Waals surface area contributed by atoms with Crippen LogP contribution in [0.25, 0.3) is 6.08 Å². The molecule has 0 amide bonds. The summed E-state index contributed by atoms with van der Waals surface area (Å²) in [6, 6.07) is 4.97. The highest BCUT2D eigenvalue weighted by Crippen LogP contribution is 2.22. The molecule has 0 heterocycles. The number of benzene rings is 1. The van der Waals surface area contributed by atoms with Gasteiger partial charge in [0.05, 0.1) is 0 Å². The van der Waals surface area contributed by atoms with E-state index >= 15 is 0 Å². The van der Waals surface area contributed by atoms with Crippen LogP contribution in [0.4, 0.5) is 0 Å². The van der Waals surface area contributed by atoms with E-state index in [4.69, 9.17) is 11.6 Å². The smallest absolute Gasteiger partial charge is 0.122 e. The van der Waals surface area contributed by atoms with Crippen molar-refractivity contribution in [3.05, 3.63) is 34.9 Å². The Hall–Kier alpha value is -0.600. The van der Waals surface area contributed by atoms with Crippen LogP contribution in [0.15, 0.2) is 24.3 Å². The van der Waals surface area contributed by atoms with E-state index in [0.717, 1.165) is 17.7 Å². The molecule has 0 bridgehead atoms. The van der Waals surface area contributed by atoms with Gasteiger partial charge in [0.1, 0.15) is 5.75 Å². The number of phenols is 1. The van der Waals surface area contributed by atoms with Crippen LogP contribution in [0.5, 0.6) is 5.75 Å². The van der Waals surface area contributed by atoms with Crippen molar-refractivity contribution in [1.82, 2.24) is 0 Å². The number of thiol groups is 1. The van der Waals surface area contributed by atoms with E-state index in [1.54, 1.807) is 18.2 Å². The molecule has 0 saturated carbocycles. The molecule has 0 spiro atoms. The molecule has 13 heavy (non-hydrogen) atoms. The van der Waals surface area contributed by atoms with E-state index in [1.165, 1.54) is 0 Å². The zero-order chi connectivity index (χ0) is 9.68. The maximum absolute atomic E-state index is 9.41. The van der Waals surface area contributed by atoms with Gasteiger partial charge in [0, 0.05) is 10.6 Å². The molecule has 1 N–H and O–H groups in total. The Morgan fingerprint density at radius 1 is 1.46 bits per heavy atom. The van der Waals surface area contributed by atoms with Gasteiger partial charge in [0.25, 0.3) is 0 Å². The van der Waals surface area contributed by atoms with Gasteiger partial charge in [-0.05, 0) is 30.4 Å². The Morgan fingerprint density at radius 3 is 2.92 bits per heavy atom. The Balaban J connectivity index is 2.81. The molecule has 0 fully saturated rings. The molecule has 1 nitrogen and oxygen atoms in total. The lowest BCUT2D eigenvalue weighted by molar-refractivity contribution is 0.474. The van der Waals surface area contributed by atoms with E-state index in [9.17, 15) is 5.11 Å². The first-order chi connectivity index (χ1) is 6.24. The molecule has 0 atom stereocenters. The SMILES string of the molecule is Oc1ccc(Cl)cc1C=CCCS. The maximum atomic E-state index is 9.41. The molecule has 1 rings (SSSR count). The molecular weight excluding hydrogens is 204 g/mol. The second-order valence-corrected chi connectivity index (χ2v) is 3.50. The molecule has 3 heteroatoms.